The number of aromatic amines is 1. The van der Waals surface area contributed by atoms with E-state index in [1.165, 1.54) is 6.42 Å². The Balaban J connectivity index is 1.53. The van der Waals surface area contributed by atoms with Gasteiger partial charge in [-0.15, -0.1) is 0 Å². The highest BCUT2D eigenvalue weighted by Crippen LogP contribution is 2.20. The molecule has 0 aromatic carbocycles. The predicted molar refractivity (Wildman–Crippen MR) is 86.7 cm³/mol. The molecule has 1 aliphatic heterocycles. The summed E-state index contributed by atoms with van der Waals surface area (Å²) in [6.07, 6.45) is 11.7. The third-order valence-corrected chi connectivity index (χ3v) is 4.33. The van der Waals surface area contributed by atoms with E-state index >= 15 is 0 Å². The van der Waals surface area contributed by atoms with E-state index in [1.54, 1.807) is 12.4 Å². The Morgan fingerprint density at radius 1 is 1.48 bits per heavy atom. The first-order valence-corrected chi connectivity index (χ1v) is 8.23. The Bertz CT molecular complexity index is 620. The number of nitrogens with zero attached hydrogens (tertiary/aromatic N) is 4. The lowest BCUT2D eigenvalue weighted by Crippen LogP contribution is -2.48. The average Bonchev–Trinajstić information content (AvgIpc) is 3.22. The highest BCUT2D eigenvalue weighted by atomic mass is 16.2. The number of carbonyl (C=O) groups excluding carboxylic acids is 1. The minimum Gasteiger partial charge on any atom is -0.345 e. The van der Waals surface area contributed by atoms with Crippen LogP contribution in [-0.4, -0.2) is 43.0 Å². The number of hydrogen-bond donors (Lipinski definition) is 2. The number of rotatable bonds is 5. The second-order valence-electron chi connectivity index (χ2n) is 6.10. The van der Waals surface area contributed by atoms with Gasteiger partial charge in [0, 0.05) is 43.4 Å². The first-order chi connectivity index (χ1) is 11.2. The van der Waals surface area contributed by atoms with Crippen molar-refractivity contribution in [2.24, 2.45) is 0 Å². The molecule has 124 valence electrons. The van der Waals surface area contributed by atoms with Gasteiger partial charge in [0.1, 0.15) is 5.82 Å². The SMILES string of the molecule is Cc1cnc(CNC(=O)N2CCCCC2CCn2ccnc2)[nH]1. The van der Waals surface area contributed by atoms with E-state index in [0.717, 1.165) is 43.9 Å². The van der Waals surface area contributed by atoms with Gasteiger partial charge in [0.15, 0.2) is 0 Å². The third-order valence-electron chi connectivity index (χ3n) is 4.33. The average molecular weight is 316 g/mol. The molecular weight excluding hydrogens is 292 g/mol. The molecule has 2 amide bonds. The fraction of sp³-hybridized carbons (Fsp3) is 0.562. The van der Waals surface area contributed by atoms with E-state index in [4.69, 9.17) is 0 Å². The maximum atomic E-state index is 12.5. The monoisotopic (exact) mass is 316 g/mol. The van der Waals surface area contributed by atoms with Gasteiger partial charge in [0.25, 0.3) is 0 Å². The molecule has 0 saturated carbocycles. The van der Waals surface area contributed by atoms with Crippen molar-refractivity contribution in [1.82, 2.24) is 29.7 Å². The van der Waals surface area contributed by atoms with Crippen molar-refractivity contribution in [1.29, 1.82) is 0 Å². The summed E-state index contributed by atoms with van der Waals surface area (Å²) < 4.78 is 2.07. The van der Waals surface area contributed by atoms with Gasteiger partial charge < -0.3 is 19.8 Å². The van der Waals surface area contributed by atoms with E-state index < -0.39 is 0 Å². The second-order valence-corrected chi connectivity index (χ2v) is 6.10. The van der Waals surface area contributed by atoms with Gasteiger partial charge >= 0.3 is 6.03 Å². The fourth-order valence-corrected chi connectivity index (χ4v) is 3.10. The predicted octanol–water partition coefficient (Wildman–Crippen LogP) is 2.07. The summed E-state index contributed by atoms with van der Waals surface area (Å²) >= 11 is 0. The Hall–Kier alpha value is -2.31. The van der Waals surface area contributed by atoms with Crippen LogP contribution in [0, 0.1) is 6.92 Å². The maximum Gasteiger partial charge on any atom is 0.318 e. The Labute approximate surface area is 136 Å². The summed E-state index contributed by atoms with van der Waals surface area (Å²) in [5.41, 5.74) is 1.01. The zero-order chi connectivity index (χ0) is 16.1. The molecule has 1 saturated heterocycles. The number of carbonyl (C=O) groups is 1. The lowest BCUT2D eigenvalue weighted by Gasteiger charge is -2.35. The number of likely N-dealkylation sites (tertiary alicyclic amines) is 1. The van der Waals surface area contributed by atoms with E-state index in [-0.39, 0.29) is 6.03 Å². The molecule has 1 fully saturated rings. The summed E-state index contributed by atoms with van der Waals surface area (Å²) in [4.78, 5) is 25.9. The van der Waals surface area contributed by atoms with Gasteiger partial charge in [-0.25, -0.2) is 14.8 Å². The molecule has 0 radical (unpaired) electrons. The zero-order valence-electron chi connectivity index (χ0n) is 13.5. The minimum absolute atomic E-state index is 0.00869. The number of nitrogens with one attached hydrogen (secondary N) is 2. The molecule has 3 rings (SSSR count). The van der Waals surface area contributed by atoms with Crippen LogP contribution in [0.4, 0.5) is 4.79 Å². The molecule has 0 spiro atoms. The van der Waals surface area contributed by atoms with Gasteiger partial charge in [-0.2, -0.15) is 0 Å². The second kappa shape index (κ2) is 7.30. The fourth-order valence-electron chi connectivity index (χ4n) is 3.10. The number of aryl methyl sites for hydroxylation is 2. The number of imidazole rings is 2. The highest BCUT2D eigenvalue weighted by Gasteiger charge is 2.26. The lowest BCUT2D eigenvalue weighted by atomic mass is 10.00. The number of amides is 2. The van der Waals surface area contributed by atoms with Gasteiger partial charge in [-0.1, -0.05) is 0 Å². The van der Waals surface area contributed by atoms with E-state index in [1.807, 2.05) is 24.3 Å². The summed E-state index contributed by atoms with van der Waals surface area (Å²) in [6.45, 7) is 4.12. The van der Waals surface area contributed by atoms with Crippen molar-refractivity contribution in [3.8, 4) is 0 Å². The lowest BCUT2D eigenvalue weighted by molar-refractivity contribution is 0.143. The Morgan fingerprint density at radius 2 is 2.39 bits per heavy atom. The topological polar surface area (TPSA) is 78.8 Å². The molecule has 2 N–H and O–H groups in total. The minimum atomic E-state index is 0.00869. The van der Waals surface area contributed by atoms with Crippen molar-refractivity contribution >= 4 is 6.03 Å². The zero-order valence-corrected chi connectivity index (χ0v) is 13.5. The highest BCUT2D eigenvalue weighted by molar-refractivity contribution is 5.74. The normalized spacial score (nSPS) is 18.1. The molecule has 1 aliphatic rings. The quantitative estimate of drug-likeness (QED) is 0.886. The molecule has 1 atom stereocenters. The molecule has 0 bridgehead atoms. The van der Waals surface area contributed by atoms with Crippen LogP contribution >= 0.6 is 0 Å². The smallest absolute Gasteiger partial charge is 0.318 e. The molecule has 2 aromatic heterocycles. The third kappa shape index (κ3) is 4.12. The van der Waals surface area contributed by atoms with Crippen LogP contribution in [-0.2, 0) is 13.1 Å². The van der Waals surface area contributed by atoms with Crippen molar-refractivity contribution in [2.75, 3.05) is 6.54 Å². The van der Waals surface area contributed by atoms with E-state index in [0.29, 0.717) is 12.6 Å². The first kappa shape index (κ1) is 15.6. The number of H-pyrrole nitrogens is 1. The van der Waals surface area contributed by atoms with Crippen molar-refractivity contribution in [3.63, 3.8) is 0 Å². The standard InChI is InChI=1S/C16H24N6O/c1-13-10-18-15(20-13)11-19-16(23)22-7-3-2-4-14(22)5-8-21-9-6-17-12-21/h6,9-10,12,14H,2-5,7-8,11H2,1H3,(H,18,20)(H,19,23). The first-order valence-electron chi connectivity index (χ1n) is 8.23. The maximum absolute atomic E-state index is 12.5. The van der Waals surface area contributed by atoms with Crippen LogP contribution in [0.25, 0.3) is 0 Å². The van der Waals surface area contributed by atoms with Crippen LogP contribution < -0.4 is 5.32 Å². The number of aromatic nitrogens is 4. The van der Waals surface area contributed by atoms with Crippen molar-refractivity contribution < 1.29 is 4.79 Å². The largest absolute Gasteiger partial charge is 0.345 e. The van der Waals surface area contributed by atoms with Crippen molar-refractivity contribution in [2.45, 2.75) is 51.7 Å². The van der Waals surface area contributed by atoms with E-state index in [2.05, 4.69) is 24.8 Å². The van der Waals surface area contributed by atoms with Gasteiger partial charge in [-0.05, 0) is 32.6 Å². The molecule has 23 heavy (non-hydrogen) atoms. The number of urea groups is 1. The molecule has 1 unspecified atom stereocenters. The summed E-state index contributed by atoms with van der Waals surface area (Å²) in [7, 11) is 0. The van der Waals surface area contributed by atoms with Crippen molar-refractivity contribution in [3.05, 3.63) is 36.4 Å². The molecule has 0 aliphatic carbocycles. The molecule has 3 heterocycles. The molecule has 2 aromatic rings. The van der Waals surface area contributed by atoms with Gasteiger partial charge in [-0.3, -0.25) is 0 Å². The van der Waals surface area contributed by atoms with Crippen LogP contribution in [0.2, 0.25) is 0 Å². The molecule has 7 heteroatoms. The summed E-state index contributed by atoms with van der Waals surface area (Å²) in [5, 5.41) is 2.98. The number of hydrogen-bond acceptors (Lipinski definition) is 3. The van der Waals surface area contributed by atoms with E-state index in [9.17, 15) is 4.79 Å². The van der Waals surface area contributed by atoms with Crippen LogP contribution in [0.1, 0.15) is 37.2 Å². The van der Waals surface area contributed by atoms with Crippen LogP contribution in [0.3, 0.4) is 0 Å². The Kier molecular flexibility index (Phi) is 4.95. The Morgan fingerprint density at radius 3 is 3.13 bits per heavy atom. The number of piperidine rings is 1. The summed E-state index contributed by atoms with van der Waals surface area (Å²) in [6, 6.07) is 0.305. The molecular formula is C16H24N6O. The van der Waals surface area contributed by atoms with Gasteiger partial charge in [0.05, 0.1) is 12.9 Å². The molecule has 7 nitrogen and oxygen atoms in total. The van der Waals surface area contributed by atoms with Crippen LogP contribution in [0.5, 0.6) is 0 Å². The summed E-state index contributed by atoms with van der Waals surface area (Å²) in [5.74, 6) is 0.794. The van der Waals surface area contributed by atoms with Crippen LogP contribution in [0.15, 0.2) is 24.9 Å². The van der Waals surface area contributed by atoms with Gasteiger partial charge in [0.2, 0.25) is 0 Å².